The third-order valence-corrected chi connectivity index (χ3v) is 5.05. The maximum atomic E-state index is 12.2. The van der Waals surface area contributed by atoms with Crippen molar-refractivity contribution >= 4 is 10.0 Å². The molecule has 0 amide bonds. The quantitative estimate of drug-likeness (QED) is 0.774. The number of nitrogens with one attached hydrogen (secondary N) is 1. The summed E-state index contributed by atoms with van der Waals surface area (Å²) in [5.74, 6) is 0.500. The van der Waals surface area contributed by atoms with E-state index in [1.807, 2.05) is 6.92 Å². The van der Waals surface area contributed by atoms with E-state index in [4.69, 9.17) is 5.11 Å². The highest BCUT2D eigenvalue weighted by Crippen LogP contribution is 2.14. The molecule has 0 aliphatic rings. The van der Waals surface area contributed by atoms with Crippen LogP contribution in [0.25, 0.3) is 0 Å². The predicted octanol–water partition coefficient (Wildman–Crippen LogP) is 2.32. The zero-order valence-corrected chi connectivity index (χ0v) is 13.3. The van der Waals surface area contributed by atoms with Gasteiger partial charge in [-0.2, -0.15) is 0 Å². The highest BCUT2D eigenvalue weighted by Gasteiger charge is 2.18. The van der Waals surface area contributed by atoms with Gasteiger partial charge in [-0.3, -0.25) is 0 Å². The Morgan fingerprint density at radius 1 is 1.20 bits per heavy atom. The van der Waals surface area contributed by atoms with E-state index in [0.717, 1.165) is 18.4 Å². The van der Waals surface area contributed by atoms with Gasteiger partial charge in [-0.25, -0.2) is 13.1 Å². The van der Waals surface area contributed by atoms with Gasteiger partial charge >= 0.3 is 0 Å². The molecule has 4 nitrogen and oxygen atoms in total. The van der Waals surface area contributed by atoms with Gasteiger partial charge in [0, 0.05) is 12.6 Å². The Balaban J connectivity index is 2.72. The molecule has 0 aromatic heterocycles. The van der Waals surface area contributed by atoms with Crippen molar-refractivity contribution in [1.29, 1.82) is 0 Å². The molecule has 0 spiro atoms. The summed E-state index contributed by atoms with van der Waals surface area (Å²) >= 11 is 0. The first-order chi connectivity index (χ1) is 9.39. The van der Waals surface area contributed by atoms with Crippen LogP contribution in [0.5, 0.6) is 0 Å². The van der Waals surface area contributed by atoms with Gasteiger partial charge in [0.05, 0.1) is 4.90 Å². The molecule has 5 heteroatoms. The Morgan fingerprint density at radius 3 is 2.30 bits per heavy atom. The van der Waals surface area contributed by atoms with Crippen LogP contribution in [0.15, 0.2) is 29.2 Å². The molecule has 0 heterocycles. The first kappa shape index (κ1) is 17.1. The van der Waals surface area contributed by atoms with Crippen LogP contribution in [0.3, 0.4) is 0 Å². The van der Waals surface area contributed by atoms with Crippen LogP contribution in [-0.4, -0.2) is 26.2 Å². The van der Waals surface area contributed by atoms with E-state index in [1.54, 1.807) is 24.3 Å². The Hall–Kier alpha value is -0.910. The topological polar surface area (TPSA) is 66.4 Å². The lowest BCUT2D eigenvalue weighted by Crippen LogP contribution is -2.33. The predicted molar refractivity (Wildman–Crippen MR) is 81.1 cm³/mol. The molecule has 0 fully saturated rings. The minimum Gasteiger partial charge on any atom is -0.396 e. The summed E-state index contributed by atoms with van der Waals surface area (Å²) in [6, 6.07) is 6.58. The molecule has 0 bridgehead atoms. The molecular formula is C15H25NO3S. The lowest BCUT2D eigenvalue weighted by molar-refractivity contribution is 0.299. The molecule has 0 aliphatic carbocycles. The van der Waals surface area contributed by atoms with Crippen molar-refractivity contribution in [3.63, 3.8) is 0 Å². The minimum atomic E-state index is -3.46. The SMILES string of the molecule is CCC(C)CC(C)NS(=O)(=O)c1ccc(CCO)cc1. The van der Waals surface area contributed by atoms with Crippen LogP contribution in [0.1, 0.15) is 39.2 Å². The molecule has 0 saturated carbocycles. The van der Waals surface area contributed by atoms with Crippen molar-refractivity contribution < 1.29 is 13.5 Å². The number of hydrogen-bond donors (Lipinski definition) is 2. The molecule has 20 heavy (non-hydrogen) atoms. The van der Waals surface area contributed by atoms with E-state index in [9.17, 15) is 8.42 Å². The zero-order chi connectivity index (χ0) is 15.2. The molecule has 0 radical (unpaired) electrons. The molecule has 0 saturated heterocycles. The van der Waals surface area contributed by atoms with Crippen molar-refractivity contribution in [2.24, 2.45) is 5.92 Å². The normalized spacial score (nSPS) is 15.0. The average Bonchev–Trinajstić information content (AvgIpc) is 2.38. The van der Waals surface area contributed by atoms with Gasteiger partial charge < -0.3 is 5.11 Å². The van der Waals surface area contributed by atoms with Crippen LogP contribution in [0.2, 0.25) is 0 Å². The number of benzene rings is 1. The Kier molecular flexibility index (Phi) is 6.65. The van der Waals surface area contributed by atoms with E-state index in [2.05, 4.69) is 18.6 Å². The number of hydrogen-bond acceptors (Lipinski definition) is 3. The second kappa shape index (κ2) is 7.76. The van der Waals surface area contributed by atoms with Crippen LogP contribution in [-0.2, 0) is 16.4 Å². The third-order valence-electron chi connectivity index (χ3n) is 3.44. The number of aliphatic hydroxyl groups is 1. The van der Waals surface area contributed by atoms with Gasteiger partial charge in [-0.15, -0.1) is 0 Å². The van der Waals surface area contributed by atoms with Gasteiger partial charge in [-0.05, 0) is 43.4 Å². The van der Waals surface area contributed by atoms with Gasteiger partial charge in [0.2, 0.25) is 10.0 Å². The minimum absolute atomic E-state index is 0.0658. The zero-order valence-electron chi connectivity index (χ0n) is 12.5. The fourth-order valence-corrected chi connectivity index (χ4v) is 3.37. The summed E-state index contributed by atoms with van der Waals surface area (Å²) in [4.78, 5) is 0.273. The average molecular weight is 299 g/mol. The van der Waals surface area contributed by atoms with E-state index in [0.29, 0.717) is 12.3 Å². The number of sulfonamides is 1. The Morgan fingerprint density at radius 2 is 1.80 bits per heavy atom. The lowest BCUT2D eigenvalue weighted by Gasteiger charge is -2.17. The smallest absolute Gasteiger partial charge is 0.240 e. The first-order valence-electron chi connectivity index (χ1n) is 7.11. The number of rotatable bonds is 8. The standard InChI is InChI=1S/C15H25NO3S/c1-4-12(2)11-13(3)16-20(18,19)15-7-5-14(6-8-15)9-10-17/h5-8,12-13,16-17H,4,9-11H2,1-3H3. The van der Waals surface area contributed by atoms with Gasteiger partial charge in [0.15, 0.2) is 0 Å². The Bertz CT molecular complexity index is 496. The van der Waals surface area contributed by atoms with Crippen molar-refractivity contribution in [2.45, 2.75) is 51.0 Å². The summed E-state index contributed by atoms with van der Waals surface area (Å²) in [5.41, 5.74) is 0.930. The molecule has 1 aromatic rings. The molecule has 2 atom stereocenters. The monoisotopic (exact) mass is 299 g/mol. The summed E-state index contributed by atoms with van der Waals surface area (Å²) < 4.78 is 27.2. The van der Waals surface area contributed by atoms with Gasteiger partial charge in [0.1, 0.15) is 0 Å². The second-order valence-corrected chi connectivity index (χ2v) is 7.10. The fourth-order valence-electron chi connectivity index (χ4n) is 2.12. The van der Waals surface area contributed by atoms with E-state index < -0.39 is 10.0 Å². The van der Waals surface area contributed by atoms with Gasteiger partial charge in [0.25, 0.3) is 0 Å². The van der Waals surface area contributed by atoms with Crippen molar-refractivity contribution in [3.8, 4) is 0 Å². The molecule has 2 N–H and O–H groups in total. The fraction of sp³-hybridized carbons (Fsp3) is 0.600. The van der Waals surface area contributed by atoms with Crippen LogP contribution < -0.4 is 4.72 Å². The third kappa shape index (κ3) is 5.23. The molecule has 2 unspecified atom stereocenters. The number of aliphatic hydroxyl groups excluding tert-OH is 1. The highest BCUT2D eigenvalue weighted by atomic mass is 32.2. The van der Waals surface area contributed by atoms with Crippen LogP contribution in [0, 0.1) is 5.92 Å². The summed E-state index contributed by atoms with van der Waals surface area (Å²) in [6.07, 6.45) is 2.42. The lowest BCUT2D eigenvalue weighted by atomic mass is 10.0. The summed E-state index contributed by atoms with van der Waals surface area (Å²) in [7, 11) is -3.46. The first-order valence-corrected chi connectivity index (χ1v) is 8.59. The summed E-state index contributed by atoms with van der Waals surface area (Å²) in [5, 5.41) is 8.84. The Labute approximate surface area is 122 Å². The van der Waals surface area contributed by atoms with Crippen LogP contribution >= 0.6 is 0 Å². The molecule has 0 aliphatic heterocycles. The van der Waals surface area contributed by atoms with E-state index in [1.165, 1.54) is 0 Å². The molecule has 1 aromatic carbocycles. The molecule has 1 rings (SSSR count). The van der Waals surface area contributed by atoms with Crippen molar-refractivity contribution in [1.82, 2.24) is 4.72 Å². The highest BCUT2D eigenvalue weighted by molar-refractivity contribution is 7.89. The van der Waals surface area contributed by atoms with Crippen molar-refractivity contribution in [2.75, 3.05) is 6.61 Å². The second-order valence-electron chi connectivity index (χ2n) is 5.39. The van der Waals surface area contributed by atoms with E-state index >= 15 is 0 Å². The van der Waals surface area contributed by atoms with Crippen molar-refractivity contribution in [3.05, 3.63) is 29.8 Å². The maximum Gasteiger partial charge on any atom is 0.240 e. The van der Waals surface area contributed by atoms with Gasteiger partial charge in [-0.1, -0.05) is 32.4 Å². The molecule has 114 valence electrons. The van der Waals surface area contributed by atoms with E-state index in [-0.39, 0.29) is 17.5 Å². The molecular weight excluding hydrogens is 274 g/mol. The largest absolute Gasteiger partial charge is 0.396 e. The van der Waals surface area contributed by atoms with Crippen LogP contribution in [0.4, 0.5) is 0 Å². The maximum absolute atomic E-state index is 12.2. The summed E-state index contributed by atoms with van der Waals surface area (Å²) in [6.45, 7) is 6.18.